The van der Waals surface area contributed by atoms with Crippen molar-refractivity contribution in [1.29, 1.82) is 0 Å². The van der Waals surface area contributed by atoms with E-state index in [0.29, 0.717) is 0 Å². The molecule has 0 N–H and O–H groups in total. The number of hydrogen-bond donors (Lipinski definition) is 0. The van der Waals surface area contributed by atoms with Gasteiger partial charge in [0.1, 0.15) is 0 Å². The maximum atomic E-state index is 4.14. The molecule has 0 saturated heterocycles. The van der Waals surface area contributed by atoms with Gasteiger partial charge in [0.15, 0.2) is 0 Å². The molecule has 0 unspecified atom stereocenters. The Bertz CT molecular complexity index is 257. The van der Waals surface area contributed by atoms with Crippen molar-refractivity contribution in [3.63, 3.8) is 0 Å². The SMILES string of the molecule is Cc1cncc2c1CCS2. The summed E-state index contributed by atoms with van der Waals surface area (Å²) in [5, 5.41) is 0. The van der Waals surface area contributed by atoms with E-state index in [1.807, 2.05) is 24.2 Å². The van der Waals surface area contributed by atoms with Gasteiger partial charge in [0.2, 0.25) is 0 Å². The average molecular weight is 151 g/mol. The minimum absolute atomic E-state index is 1.23. The number of pyridine rings is 1. The Hall–Kier alpha value is -0.500. The lowest BCUT2D eigenvalue weighted by Gasteiger charge is -1.98. The number of aryl methyl sites for hydroxylation is 1. The van der Waals surface area contributed by atoms with Gasteiger partial charge in [-0.15, -0.1) is 11.8 Å². The first-order valence-corrected chi connectivity index (χ1v) is 4.43. The van der Waals surface area contributed by atoms with Crippen LogP contribution < -0.4 is 0 Å². The van der Waals surface area contributed by atoms with Crippen LogP contribution in [0.4, 0.5) is 0 Å². The van der Waals surface area contributed by atoms with Crippen molar-refractivity contribution in [1.82, 2.24) is 4.98 Å². The molecule has 1 aliphatic rings. The summed E-state index contributed by atoms with van der Waals surface area (Å²) in [6.45, 7) is 2.14. The molecule has 1 nitrogen and oxygen atoms in total. The summed E-state index contributed by atoms with van der Waals surface area (Å²) < 4.78 is 0. The van der Waals surface area contributed by atoms with Crippen molar-refractivity contribution in [2.75, 3.05) is 5.75 Å². The quantitative estimate of drug-likeness (QED) is 0.562. The molecule has 52 valence electrons. The largest absolute Gasteiger partial charge is 0.263 e. The van der Waals surface area contributed by atoms with Crippen LogP contribution in [0.1, 0.15) is 11.1 Å². The van der Waals surface area contributed by atoms with E-state index in [9.17, 15) is 0 Å². The fraction of sp³-hybridized carbons (Fsp3) is 0.375. The molecule has 0 aliphatic carbocycles. The van der Waals surface area contributed by atoms with Gasteiger partial charge in [-0.05, 0) is 24.5 Å². The van der Waals surface area contributed by atoms with Crippen molar-refractivity contribution < 1.29 is 0 Å². The van der Waals surface area contributed by atoms with E-state index in [1.165, 1.54) is 28.2 Å². The van der Waals surface area contributed by atoms with Crippen molar-refractivity contribution in [2.24, 2.45) is 0 Å². The maximum absolute atomic E-state index is 4.14. The van der Waals surface area contributed by atoms with Crippen LogP contribution in [-0.4, -0.2) is 10.7 Å². The number of nitrogens with zero attached hydrogens (tertiary/aromatic N) is 1. The third-order valence-electron chi connectivity index (χ3n) is 1.84. The fourth-order valence-electron chi connectivity index (χ4n) is 1.27. The van der Waals surface area contributed by atoms with Crippen molar-refractivity contribution in [2.45, 2.75) is 18.2 Å². The summed E-state index contributed by atoms with van der Waals surface area (Å²) in [7, 11) is 0. The third kappa shape index (κ3) is 0.833. The molecule has 0 atom stereocenters. The van der Waals surface area contributed by atoms with Crippen molar-refractivity contribution in [3.8, 4) is 0 Å². The lowest BCUT2D eigenvalue weighted by Crippen LogP contribution is -1.86. The second-order valence-electron chi connectivity index (χ2n) is 2.53. The smallest absolute Gasteiger partial charge is 0.0406 e. The molecule has 0 radical (unpaired) electrons. The summed E-state index contributed by atoms with van der Waals surface area (Å²) in [5.74, 6) is 1.24. The van der Waals surface area contributed by atoms with Gasteiger partial charge in [0, 0.05) is 23.0 Å². The second kappa shape index (κ2) is 2.27. The van der Waals surface area contributed by atoms with Crippen molar-refractivity contribution >= 4 is 11.8 Å². The summed E-state index contributed by atoms with van der Waals surface area (Å²) in [5.41, 5.74) is 2.86. The third-order valence-corrected chi connectivity index (χ3v) is 2.91. The van der Waals surface area contributed by atoms with Crippen molar-refractivity contribution in [3.05, 3.63) is 23.5 Å². The highest BCUT2D eigenvalue weighted by molar-refractivity contribution is 7.99. The Morgan fingerprint density at radius 2 is 2.40 bits per heavy atom. The summed E-state index contributed by atoms with van der Waals surface area (Å²) in [4.78, 5) is 5.52. The Balaban J connectivity index is 2.59. The molecule has 2 rings (SSSR count). The summed E-state index contributed by atoms with van der Waals surface area (Å²) in [6, 6.07) is 0. The highest BCUT2D eigenvalue weighted by Gasteiger charge is 2.12. The maximum Gasteiger partial charge on any atom is 0.0406 e. The van der Waals surface area contributed by atoms with E-state index in [0.717, 1.165) is 0 Å². The van der Waals surface area contributed by atoms with Gasteiger partial charge in [-0.3, -0.25) is 4.98 Å². The molecule has 0 saturated carbocycles. The van der Waals surface area contributed by atoms with E-state index in [4.69, 9.17) is 0 Å². The van der Waals surface area contributed by atoms with Crippen LogP contribution in [0.25, 0.3) is 0 Å². The molecule has 2 heteroatoms. The number of thioether (sulfide) groups is 1. The lowest BCUT2D eigenvalue weighted by atomic mass is 10.1. The van der Waals surface area contributed by atoms with E-state index < -0.39 is 0 Å². The molecule has 1 aliphatic heterocycles. The van der Waals surface area contributed by atoms with Gasteiger partial charge < -0.3 is 0 Å². The van der Waals surface area contributed by atoms with E-state index >= 15 is 0 Å². The predicted molar refractivity (Wildman–Crippen MR) is 43.4 cm³/mol. The Morgan fingerprint density at radius 3 is 3.20 bits per heavy atom. The highest BCUT2D eigenvalue weighted by Crippen LogP contribution is 2.31. The predicted octanol–water partition coefficient (Wildman–Crippen LogP) is 2.04. The van der Waals surface area contributed by atoms with Gasteiger partial charge >= 0.3 is 0 Å². The molecule has 10 heavy (non-hydrogen) atoms. The lowest BCUT2D eigenvalue weighted by molar-refractivity contribution is 1.06. The molecule has 1 aromatic heterocycles. The van der Waals surface area contributed by atoms with Gasteiger partial charge in [-0.25, -0.2) is 0 Å². The van der Waals surface area contributed by atoms with Gasteiger partial charge in [-0.1, -0.05) is 0 Å². The zero-order chi connectivity index (χ0) is 6.97. The van der Waals surface area contributed by atoms with Gasteiger partial charge in [-0.2, -0.15) is 0 Å². The zero-order valence-electron chi connectivity index (χ0n) is 5.92. The average Bonchev–Trinajstić information content (AvgIpc) is 2.36. The van der Waals surface area contributed by atoms with Crippen LogP contribution in [0, 0.1) is 6.92 Å². The normalized spacial score (nSPS) is 15.3. The van der Waals surface area contributed by atoms with Gasteiger partial charge in [0.25, 0.3) is 0 Å². The Labute approximate surface area is 64.9 Å². The van der Waals surface area contributed by atoms with E-state index in [-0.39, 0.29) is 0 Å². The molecule has 0 bridgehead atoms. The molecule has 1 aromatic rings. The van der Waals surface area contributed by atoms with Crippen LogP contribution in [0.5, 0.6) is 0 Å². The first-order valence-electron chi connectivity index (χ1n) is 3.44. The number of rotatable bonds is 0. The van der Waals surface area contributed by atoms with E-state index in [2.05, 4.69) is 11.9 Å². The molecule has 0 amide bonds. The molecular weight excluding hydrogens is 142 g/mol. The molecule has 2 heterocycles. The van der Waals surface area contributed by atoms with E-state index in [1.54, 1.807) is 0 Å². The van der Waals surface area contributed by atoms with Crippen LogP contribution in [0.2, 0.25) is 0 Å². The summed E-state index contributed by atoms with van der Waals surface area (Å²) >= 11 is 1.92. The van der Waals surface area contributed by atoms with Gasteiger partial charge in [0.05, 0.1) is 0 Å². The monoisotopic (exact) mass is 151 g/mol. The fourth-order valence-corrected chi connectivity index (χ4v) is 2.37. The standard InChI is InChI=1S/C8H9NS/c1-6-4-9-5-8-7(6)2-3-10-8/h4-5H,2-3H2,1H3. The zero-order valence-corrected chi connectivity index (χ0v) is 6.74. The van der Waals surface area contributed by atoms with Crippen LogP contribution in [-0.2, 0) is 6.42 Å². The minimum Gasteiger partial charge on any atom is -0.263 e. The Morgan fingerprint density at radius 1 is 1.50 bits per heavy atom. The molecule has 0 spiro atoms. The number of aromatic nitrogens is 1. The summed E-state index contributed by atoms with van der Waals surface area (Å²) in [6.07, 6.45) is 5.15. The topological polar surface area (TPSA) is 12.9 Å². The minimum atomic E-state index is 1.23. The van der Waals surface area contributed by atoms with Crippen LogP contribution in [0.15, 0.2) is 17.3 Å². The van der Waals surface area contributed by atoms with Crippen LogP contribution in [0.3, 0.4) is 0 Å². The second-order valence-corrected chi connectivity index (χ2v) is 3.67. The number of hydrogen-bond acceptors (Lipinski definition) is 2. The molecule has 0 aromatic carbocycles. The molecule has 0 fully saturated rings. The first kappa shape index (κ1) is 6.23. The Kier molecular flexibility index (Phi) is 1.42. The molecular formula is C8H9NS. The highest BCUT2D eigenvalue weighted by atomic mass is 32.2. The first-order chi connectivity index (χ1) is 4.88. The number of fused-ring (bicyclic) bond motifs is 1. The van der Waals surface area contributed by atoms with Crippen LogP contribution >= 0.6 is 11.8 Å².